The van der Waals surface area contributed by atoms with Crippen molar-refractivity contribution in [2.24, 2.45) is 30.7 Å². The van der Waals surface area contributed by atoms with Gasteiger partial charge in [0.05, 0.1) is 30.3 Å². The fraction of sp³-hybridized carbons (Fsp3) is 0.667. The maximum atomic E-state index is 13.1. The Morgan fingerprint density at radius 3 is 1.77 bits per heavy atom. The largest absolute Gasteiger partial charge is 0.500 e. The summed E-state index contributed by atoms with van der Waals surface area (Å²) in [6.45, 7) is 37.1. The zero-order chi connectivity index (χ0) is 63.3. The zero-order valence-corrected chi connectivity index (χ0v) is 57.0. The second kappa shape index (κ2) is 49.3. The van der Waals surface area contributed by atoms with Crippen LogP contribution in [0, 0.1) is 57.2 Å². The van der Waals surface area contributed by atoms with E-state index in [1.165, 1.54) is 128 Å². The third-order valence-electron chi connectivity index (χ3n) is 15.2. The number of hydrogen-bond acceptors (Lipinski definition) is 7. The van der Waals surface area contributed by atoms with Gasteiger partial charge in [-0.05, 0) is 118 Å². The van der Waals surface area contributed by atoms with Crippen LogP contribution >= 0.6 is 0 Å². The highest BCUT2D eigenvalue weighted by Crippen LogP contribution is 2.27. The van der Waals surface area contributed by atoms with Gasteiger partial charge in [-0.15, -0.1) is 0 Å². The van der Waals surface area contributed by atoms with Crippen LogP contribution in [0.4, 0.5) is 10.3 Å². The van der Waals surface area contributed by atoms with Crippen LogP contribution in [0.3, 0.4) is 0 Å². The van der Waals surface area contributed by atoms with E-state index in [0.717, 1.165) is 119 Å². The minimum atomic E-state index is -0.219. The number of halogens is 1. The molecule has 3 unspecified atom stereocenters. The molecule has 2 aliphatic rings. The smallest absolute Gasteiger partial charge is 0.258 e. The molecule has 1 N–H and O–H groups in total. The molecule has 1 aliphatic carbocycles. The van der Waals surface area contributed by atoms with Crippen molar-refractivity contribution >= 4 is 46.2 Å². The summed E-state index contributed by atoms with van der Waals surface area (Å²) in [5.41, 5.74) is 9.01. The number of aldehydes is 1. The second-order valence-electron chi connectivity index (χ2n) is 23.1. The lowest BCUT2D eigenvalue weighted by molar-refractivity contribution is -0.497. The average Bonchev–Trinajstić information content (AvgIpc) is 4.33. The Kier molecular flexibility index (Phi) is 47.5. The van der Waals surface area contributed by atoms with Crippen molar-refractivity contribution in [2.45, 2.75) is 253 Å². The summed E-state index contributed by atoms with van der Waals surface area (Å²) < 4.78 is 27.3. The monoisotopic (exact) mass is 1160 g/mol. The summed E-state index contributed by atoms with van der Waals surface area (Å²) in [5.74, 6) is 4.28. The van der Waals surface area contributed by atoms with Crippen LogP contribution < -0.4 is 5.32 Å². The summed E-state index contributed by atoms with van der Waals surface area (Å²) in [5, 5.41) is 2.96. The van der Waals surface area contributed by atoms with Crippen molar-refractivity contribution < 1.29 is 32.8 Å². The molecule has 11 heteroatoms. The lowest BCUT2D eigenvalue weighted by atomic mass is 9.89. The summed E-state index contributed by atoms with van der Waals surface area (Å²) >= 11 is 0. The van der Waals surface area contributed by atoms with Crippen molar-refractivity contribution in [3.63, 3.8) is 0 Å². The molecule has 1 amide bonds. The van der Waals surface area contributed by atoms with Crippen LogP contribution in [0.2, 0.25) is 0 Å². The quantitative estimate of drug-likeness (QED) is 0.0473. The molecule has 6 rings (SSSR count). The number of pyridine rings is 1. The van der Waals surface area contributed by atoms with E-state index in [2.05, 4.69) is 97.2 Å². The van der Waals surface area contributed by atoms with Crippen LogP contribution in [-0.4, -0.2) is 77.2 Å². The lowest BCUT2D eigenvalue weighted by Crippen LogP contribution is -2.25. The second-order valence-corrected chi connectivity index (χ2v) is 23.1. The van der Waals surface area contributed by atoms with Gasteiger partial charge in [0.15, 0.2) is 5.71 Å². The highest BCUT2D eigenvalue weighted by atomic mass is 19.1. The van der Waals surface area contributed by atoms with Gasteiger partial charge in [-0.3, -0.25) is 19.9 Å². The van der Waals surface area contributed by atoms with E-state index in [4.69, 9.17) is 19.3 Å². The molecule has 0 saturated heterocycles. The van der Waals surface area contributed by atoms with E-state index in [-0.39, 0.29) is 17.6 Å². The predicted molar refractivity (Wildman–Crippen MR) is 356 cm³/mol. The number of aromatic nitrogens is 3. The number of anilines is 1. The summed E-state index contributed by atoms with van der Waals surface area (Å²) in [7, 11) is 7.44. The number of methoxy groups -OCH3 is 2. The third kappa shape index (κ3) is 35.1. The Morgan fingerprint density at radius 2 is 1.30 bits per heavy atom. The van der Waals surface area contributed by atoms with E-state index < -0.39 is 0 Å². The van der Waals surface area contributed by atoms with Gasteiger partial charge in [-0.1, -0.05) is 197 Å². The summed E-state index contributed by atoms with van der Waals surface area (Å²) in [6.07, 6.45) is 28.4. The average molecular weight is 1160 g/mol. The van der Waals surface area contributed by atoms with E-state index in [9.17, 15) is 14.0 Å². The SMILES string of the molecule is C1CCCC1.CC=O.CCCC.CCCC(COC)C(C)CC.CCCCC(=O)C(C)C.CCCCCC(CC)CCC.COC1=C(c2cc(C(=O)Nc3nc4ccc(C)cc4n3C)cc(C)n2)C(C)=[N+](C)CC1.Cc1cc(C)cc(F)c1. The summed E-state index contributed by atoms with van der Waals surface area (Å²) in [4.78, 5) is 42.1. The normalized spacial score (nSPS) is 13.4. The number of nitrogens with zero attached hydrogens (tertiary/aromatic N) is 4. The van der Waals surface area contributed by atoms with Crippen molar-refractivity contribution in [1.82, 2.24) is 14.5 Å². The molecule has 3 heterocycles. The van der Waals surface area contributed by atoms with Crippen molar-refractivity contribution in [1.29, 1.82) is 0 Å². The summed E-state index contributed by atoms with van der Waals surface area (Å²) in [6, 6.07) is 14.6. The first-order valence-electron chi connectivity index (χ1n) is 32.3. The molecule has 0 spiro atoms. The van der Waals surface area contributed by atoms with Crippen LogP contribution in [0.5, 0.6) is 0 Å². The zero-order valence-electron chi connectivity index (χ0n) is 57.0. The van der Waals surface area contributed by atoms with E-state index in [1.54, 1.807) is 20.3 Å². The number of imidazole rings is 1. The van der Waals surface area contributed by atoms with Gasteiger partial charge in [0.2, 0.25) is 5.95 Å². The Bertz CT molecular complexity index is 2350. The number of rotatable bonds is 22. The molecule has 83 heavy (non-hydrogen) atoms. The molecule has 2 aromatic carbocycles. The molecule has 3 atom stereocenters. The number of Topliss-reactive ketones (excluding diaryl/α,β-unsaturated/α-hetero) is 1. The topological polar surface area (TPSA) is 115 Å². The maximum absolute atomic E-state index is 13.1. The Balaban J connectivity index is 0. The number of unbranched alkanes of at least 4 members (excludes halogenated alkanes) is 4. The molecule has 4 aromatic rings. The Morgan fingerprint density at radius 1 is 0.723 bits per heavy atom. The third-order valence-corrected chi connectivity index (χ3v) is 15.2. The molecule has 1 saturated carbocycles. The number of fused-ring (bicyclic) bond motifs is 1. The minimum Gasteiger partial charge on any atom is -0.500 e. The van der Waals surface area contributed by atoms with Crippen LogP contribution in [0.15, 0.2) is 54.3 Å². The number of ether oxygens (including phenoxy) is 2. The molecule has 10 nitrogen and oxygen atoms in total. The molecule has 0 bridgehead atoms. The number of nitrogens with one attached hydrogen (secondary N) is 1. The highest BCUT2D eigenvalue weighted by Gasteiger charge is 2.27. The molecular formula is C72H123FN5O5+. The standard InChI is InChI=1S/C24H27N5O2.C11H24.C10H22O.C8H9F.C8H16O.C5H10.C4H10.C2H4O/c1-14-7-8-18-20(11-14)29(5)24(26-18)27-23(30)17-12-15(2)25-19(13-17)22-16(3)28(4)10-9-21(22)31-6;1-4-7-8-10-11(6-3)9-5-2;1-5-7-10(8-11-4)9(3)6-2;1-6-3-7(2)5-8(9)4-6;1-4-5-6-8(9)7(2)3;1-2-4-5-3-1;1-3-4-2;1-2-3/h7-8,11-13H,9-10H2,1-6H3;11H,4-10H2,1-3H3;9-10H,5-8H2,1-4H3;3-5H,1-2H3;7H,4-6H2,1-3H3;1-5H2;3-4H2,1-2H3;2H,1H3/p+1. The van der Waals surface area contributed by atoms with Crippen LogP contribution in [0.1, 0.15) is 263 Å². The van der Waals surface area contributed by atoms with Crippen LogP contribution in [-0.2, 0) is 26.1 Å². The Labute approximate surface area is 508 Å². The van der Waals surface area contributed by atoms with Crippen molar-refractivity contribution in [3.8, 4) is 0 Å². The van der Waals surface area contributed by atoms with Gasteiger partial charge in [0.1, 0.15) is 42.8 Å². The number of allylic oxidation sites excluding steroid dienone is 1. The van der Waals surface area contributed by atoms with E-state index in [1.807, 2.05) is 77.4 Å². The molecule has 1 fully saturated rings. The van der Waals surface area contributed by atoms with Gasteiger partial charge in [-0.25, -0.2) is 13.9 Å². The lowest BCUT2D eigenvalue weighted by Gasteiger charge is -2.21. The predicted octanol–water partition coefficient (Wildman–Crippen LogP) is 20.0. The number of amides is 1. The van der Waals surface area contributed by atoms with Gasteiger partial charge in [0, 0.05) is 51.3 Å². The van der Waals surface area contributed by atoms with Gasteiger partial charge in [0.25, 0.3) is 5.91 Å². The number of hydrogen-bond donors (Lipinski definition) is 1. The van der Waals surface area contributed by atoms with Crippen molar-refractivity contribution in [3.05, 3.63) is 93.7 Å². The fourth-order valence-electron chi connectivity index (χ4n) is 9.54. The van der Waals surface area contributed by atoms with Gasteiger partial charge >= 0.3 is 0 Å². The first-order chi connectivity index (χ1) is 39.6. The molecular weight excluding hydrogens is 1030 g/mol. The number of ketones is 1. The molecule has 2 aromatic heterocycles. The first-order valence-corrected chi connectivity index (χ1v) is 32.3. The fourth-order valence-corrected chi connectivity index (χ4v) is 9.54. The number of carbonyl (C=O) groups excluding carboxylic acids is 3. The first kappa shape index (κ1) is 80.0. The number of aryl methyl sites for hydroxylation is 5. The molecule has 0 radical (unpaired) electrons. The van der Waals surface area contributed by atoms with Gasteiger partial charge < -0.3 is 18.8 Å². The van der Waals surface area contributed by atoms with E-state index >= 15 is 0 Å². The molecule has 1 aliphatic heterocycles. The minimum absolute atomic E-state index is 0.146. The number of carbonyl (C=O) groups is 3. The number of benzene rings is 2. The maximum Gasteiger partial charge on any atom is 0.258 e. The van der Waals surface area contributed by atoms with Gasteiger partial charge in [-0.2, -0.15) is 0 Å². The van der Waals surface area contributed by atoms with Crippen LogP contribution in [0.25, 0.3) is 16.6 Å². The molecule has 472 valence electrons. The van der Waals surface area contributed by atoms with E-state index in [0.29, 0.717) is 17.3 Å². The highest BCUT2D eigenvalue weighted by molar-refractivity contribution is 6.21. The van der Waals surface area contributed by atoms with Crippen molar-refractivity contribution in [2.75, 3.05) is 39.7 Å². The Hall–Kier alpha value is -5.03.